The molecule has 0 unspecified atom stereocenters. The Bertz CT molecular complexity index is 489. The van der Waals surface area contributed by atoms with Crippen LogP contribution in [0, 0.1) is 6.92 Å². The highest BCUT2D eigenvalue weighted by Crippen LogP contribution is 2.22. The van der Waals surface area contributed by atoms with Gasteiger partial charge in [-0.25, -0.2) is 4.79 Å². The molecule has 104 valence electrons. The topological polar surface area (TPSA) is 38.3 Å². The summed E-state index contributed by atoms with van der Waals surface area (Å²) in [7, 11) is 0. The Morgan fingerprint density at radius 1 is 1.42 bits per heavy atom. The van der Waals surface area contributed by atoms with Gasteiger partial charge in [-0.15, -0.1) is 11.6 Å². The smallest absolute Gasteiger partial charge is 0.412 e. The van der Waals surface area contributed by atoms with E-state index in [-0.39, 0.29) is 0 Å². The molecule has 0 aliphatic carbocycles. The van der Waals surface area contributed by atoms with Crippen molar-refractivity contribution < 1.29 is 9.53 Å². The van der Waals surface area contributed by atoms with Gasteiger partial charge in [-0.3, -0.25) is 5.32 Å². The van der Waals surface area contributed by atoms with E-state index in [1.807, 2.05) is 45.9 Å². The summed E-state index contributed by atoms with van der Waals surface area (Å²) < 4.78 is 5.22. The standard InChI is InChI=1S/C15H20ClNO2/c1-10-6-7-12(11(2)9-16)8-13(10)17-14(18)19-15(3,4)5/h6-8H,2,9H2,1,3-5H3,(H,17,18). The first-order chi connectivity index (χ1) is 8.73. The Hall–Kier alpha value is -1.48. The number of aryl methyl sites for hydroxylation is 1. The molecule has 0 atom stereocenters. The zero-order chi connectivity index (χ0) is 14.6. The van der Waals surface area contributed by atoms with Crippen LogP contribution in [0.2, 0.25) is 0 Å². The molecule has 0 bridgehead atoms. The minimum Gasteiger partial charge on any atom is -0.444 e. The quantitative estimate of drug-likeness (QED) is 0.823. The number of benzene rings is 1. The Morgan fingerprint density at radius 3 is 2.58 bits per heavy atom. The van der Waals surface area contributed by atoms with Gasteiger partial charge in [0.05, 0.1) is 0 Å². The molecule has 0 spiro atoms. The van der Waals surface area contributed by atoms with E-state index in [1.165, 1.54) is 0 Å². The molecule has 0 saturated carbocycles. The maximum absolute atomic E-state index is 11.7. The molecule has 4 heteroatoms. The van der Waals surface area contributed by atoms with Crippen LogP contribution in [-0.4, -0.2) is 17.6 Å². The molecule has 0 aliphatic rings. The van der Waals surface area contributed by atoms with Crippen LogP contribution in [0.15, 0.2) is 24.8 Å². The molecular formula is C15H20ClNO2. The fraction of sp³-hybridized carbons (Fsp3) is 0.400. The van der Waals surface area contributed by atoms with Gasteiger partial charge in [0, 0.05) is 11.6 Å². The Balaban J connectivity index is 2.88. The van der Waals surface area contributed by atoms with Crippen molar-refractivity contribution in [3.63, 3.8) is 0 Å². The number of carbonyl (C=O) groups excluding carboxylic acids is 1. The zero-order valence-electron chi connectivity index (χ0n) is 11.8. The number of ether oxygens (including phenoxy) is 1. The molecule has 0 aliphatic heterocycles. The van der Waals surface area contributed by atoms with Gasteiger partial charge < -0.3 is 4.74 Å². The Labute approximate surface area is 119 Å². The largest absolute Gasteiger partial charge is 0.444 e. The molecule has 1 aromatic rings. The molecule has 19 heavy (non-hydrogen) atoms. The highest BCUT2D eigenvalue weighted by Gasteiger charge is 2.17. The first-order valence-corrected chi connectivity index (χ1v) is 6.61. The number of rotatable bonds is 3. The second kappa shape index (κ2) is 6.11. The normalized spacial score (nSPS) is 11.0. The summed E-state index contributed by atoms with van der Waals surface area (Å²) in [6.07, 6.45) is -0.468. The highest BCUT2D eigenvalue weighted by molar-refractivity contribution is 6.23. The number of nitrogens with one attached hydrogen (secondary N) is 1. The predicted molar refractivity (Wildman–Crippen MR) is 80.8 cm³/mol. The van der Waals surface area contributed by atoms with Crippen molar-refractivity contribution in [2.24, 2.45) is 0 Å². The van der Waals surface area contributed by atoms with Crippen LogP contribution >= 0.6 is 11.6 Å². The summed E-state index contributed by atoms with van der Waals surface area (Å²) in [5.74, 6) is 0.356. The second-order valence-corrected chi connectivity index (χ2v) is 5.66. The molecule has 0 saturated heterocycles. The summed E-state index contributed by atoms with van der Waals surface area (Å²) >= 11 is 5.76. The van der Waals surface area contributed by atoms with Crippen molar-refractivity contribution in [3.05, 3.63) is 35.9 Å². The number of amides is 1. The number of halogens is 1. The van der Waals surface area contributed by atoms with Gasteiger partial charge >= 0.3 is 6.09 Å². The fourth-order valence-corrected chi connectivity index (χ4v) is 1.62. The zero-order valence-corrected chi connectivity index (χ0v) is 12.6. The van der Waals surface area contributed by atoms with Crippen LogP contribution in [0.5, 0.6) is 0 Å². The summed E-state index contributed by atoms with van der Waals surface area (Å²) in [6, 6.07) is 5.70. The minimum atomic E-state index is -0.519. The van der Waals surface area contributed by atoms with Crippen LogP contribution in [0.25, 0.3) is 5.57 Å². The van der Waals surface area contributed by atoms with E-state index in [2.05, 4.69) is 11.9 Å². The van der Waals surface area contributed by atoms with Crippen LogP contribution in [-0.2, 0) is 4.74 Å². The van der Waals surface area contributed by atoms with Crippen LogP contribution in [0.3, 0.4) is 0 Å². The molecule has 1 aromatic carbocycles. The lowest BCUT2D eigenvalue weighted by Gasteiger charge is -2.20. The van der Waals surface area contributed by atoms with Crippen LogP contribution < -0.4 is 5.32 Å². The van der Waals surface area contributed by atoms with E-state index in [9.17, 15) is 4.79 Å². The monoisotopic (exact) mass is 281 g/mol. The Kier molecular flexibility index (Phi) is 5.01. The van der Waals surface area contributed by atoms with Gasteiger partial charge in [-0.2, -0.15) is 0 Å². The molecule has 0 heterocycles. The molecule has 1 N–H and O–H groups in total. The van der Waals surface area contributed by atoms with E-state index in [0.29, 0.717) is 11.6 Å². The van der Waals surface area contributed by atoms with Crippen molar-refractivity contribution in [1.82, 2.24) is 0 Å². The van der Waals surface area contributed by atoms with Gasteiger partial charge in [0.1, 0.15) is 5.60 Å². The van der Waals surface area contributed by atoms with Gasteiger partial charge in [-0.1, -0.05) is 18.7 Å². The Morgan fingerprint density at radius 2 is 2.05 bits per heavy atom. The number of alkyl halides is 1. The number of anilines is 1. The van der Waals surface area contributed by atoms with Crippen molar-refractivity contribution in [1.29, 1.82) is 0 Å². The maximum Gasteiger partial charge on any atom is 0.412 e. The summed E-state index contributed by atoms with van der Waals surface area (Å²) in [4.78, 5) is 11.7. The minimum absolute atomic E-state index is 0.356. The molecule has 0 fully saturated rings. The van der Waals surface area contributed by atoms with Crippen LogP contribution in [0.1, 0.15) is 31.9 Å². The lowest BCUT2D eigenvalue weighted by atomic mass is 10.1. The average molecular weight is 282 g/mol. The SMILES string of the molecule is C=C(CCl)c1ccc(C)c(NC(=O)OC(C)(C)C)c1. The summed E-state index contributed by atoms with van der Waals surface area (Å²) in [6.45, 7) is 11.3. The number of carbonyl (C=O) groups is 1. The fourth-order valence-electron chi connectivity index (χ4n) is 1.47. The van der Waals surface area contributed by atoms with E-state index < -0.39 is 11.7 Å². The maximum atomic E-state index is 11.7. The number of hydrogen-bond donors (Lipinski definition) is 1. The predicted octanol–water partition coefficient (Wildman–Crippen LogP) is 4.59. The van der Waals surface area contributed by atoms with E-state index >= 15 is 0 Å². The number of hydrogen-bond acceptors (Lipinski definition) is 2. The lowest BCUT2D eigenvalue weighted by Crippen LogP contribution is -2.27. The molecule has 1 amide bonds. The third kappa shape index (κ3) is 4.95. The molecule has 0 aromatic heterocycles. The molecule has 0 radical (unpaired) electrons. The van der Waals surface area contributed by atoms with Crippen molar-refractivity contribution in [2.75, 3.05) is 11.2 Å². The van der Waals surface area contributed by atoms with Crippen molar-refractivity contribution in [2.45, 2.75) is 33.3 Å². The molecule has 1 rings (SSSR count). The summed E-state index contributed by atoms with van der Waals surface area (Å²) in [5, 5.41) is 2.74. The van der Waals surface area contributed by atoms with Gasteiger partial charge in [0.2, 0.25) is 0 Å². The second-order valence-electron chi connectivity index (χ2n) is 5.39. The van der Waals surface area contributed by atoms with Gasteiger partial charge in [-0.05, 0) is 50.5 Å². The van der Waals surface area contributed by atoms with Crippen molar-refractivity contribution in [3.8, 4) is 0 Å². The summed E-state index contributed by atoms with van der Waals surface area (Å²) in [5.41, 5.74) is 2.87. The van der Waals surface area contributed by atoms with E-state index in [0.717, 1.165) is 16.7 Å². The van der Waals surface area contributed by atoms with Crippen LogP contribution in [0.4, 0.5) is 10.5 Å². The first-order valence-electron chi connectivity index (χ1n) is 6.07. The third-order valence-corrected chi connectivity index (χ3v) is 2.77. The third-order valence-electron chi connectivity index (χ3n) is 2.44. The number of allylic oxidation sites excluding steroid dienone is 1. The molecule has 3 nitrogen and oxygen atoms in total. The first kappa shape index (κ1) is 15.6. The highest BCUT2D eigenvalue weighted by atomic mass is 35.5. The average Bonchev–Trinajstić information content (AvgIpc) is 2.28. The van der Waals surface area contributed by atoms with Gasteiger partial charge in [0.15, 0.2) is 0 Å². The lowest BCUT2D eigenvalue weighted by molar-refractivity contribution is 0.0636. The van der Waals surface area contributed by atoms with Crippen molar-refractivity contribution >= 4 is 29.0 Å². The van der Waals surface area contributed by atoms with Gasteiger partial charge in [0.25, 0.3) is 0 Å². The van der Waals surface area contributed by atoms with E-state index in [1.54, 1.807) is 0 Å². The van der Waals surface area contributed by atoms with E-state index in [4.69, 9.17) is 16.3 Å². The molecular weight excluding hydrogens is 262 g/mol.